The number of rotatable bonds is 5. The third-order valence-electron chi connectivity index (χ3n) is 2.53. The van der Waals surface area contributed by atoms with Crippen molar-refractivity contribution in [3.05, 3.63) is 34.9 Å². The predicted octanol–water partition coefficient (Wildman–Crippen LogP) is 2.31. The van der Waals surface area contributed by atoms with Gasteiger partial charge in [-0.25, -0.2) is 8.78 Å². The highest BCUT2D eigenvalue weighted by atomic mass is 19.1. The van der Waals surface area contributed by atoms with Gasteiger partial charge in [0.2, 0.25) is 0 Å². The third-order valence-corrected chi connectivity index (χ3v) is 2.53. The predicted molar refractivity (Wildman–Crippen MR) is 59.2 cm³/mol. The molecule has 4 heteroatoms. The van der Waals surface area contributed by atoms with Gasteiger partial charge in [0.15, 0.2) is 0 Å². The Morgan fingerprint density at radius 1 is 1.31 bits per heavy atom. The second kappa shape index (κ2) is 5.92. The van der Waals surface area contributed by atoms with Crippen molar-refractivity contribution in [2.45, 2.75) is 26.3 Å². The molecule has 0 aromatic heterocycles. The van der Waals surface area contributed by atoms with Crippen molar-refractivity contribution in [1.29, 1.82) is 0 Å². The molecule has 0 amide bonds. The summed E-state index contributed by atoms with van der Waals surface area (Å²) in [4.78, 5) is 0. The zero-order chi connectivity index (χ0) is 12.1. The van der Waals surface area contributed by atoms with Gasteiger partial charge in [-0.3, -0.25) is 0 Å². The molecule has 0 spiro atoms. The molecule has 0 radical (unpaired) electrons. The summed E-state index contributed by atoms with van der Waals surface area (Å²) in [6.45, 7) is 3.97. The average Bonchev–Trinajstić information content (AvgIpc) is 2.23. The molecule has 0 aliphatic heterocycles. The molecular weight excluding hydrogens is 212 g/mol. The first kappa shape index (κ1) is 13.1. The van der Waals surface area contributed by atoms with E-state index in [4.69, 9.17) is 5.11 Å². The van der Waals surface area contributed by atoms with Gasteiger partial charge < -0.3 is 10.4 Å². The lowest BCUT2D eigenvalue weighted by atomic mass is 10.0. The van der Waals surface area contributed by atoms with Crippen LogP contribution in [0.5, 0.6) is 0 Å². The molecule has 1 atom stereocenters. The Kier molecular flexibility index (Phi) is 4.83. The number of hydrogen-bond donors (Lipinski definition) is 2. The van der Waals surface area contributed by atoms with E-state index in [2.05, 4.69) is 5.32 Å². The number of benzene rings is 1. The molecule has 2 N–H and O–H groups in total. The van der Waals surface area contributed by atoms with Gasteiger partial charge in [-0.2, -0.15) is 0 Å². The van der Waals surface area contributed by atoms with E-state index < -0.39 is 11.6 Å². The molecule has 0 bridgehead atoms. The molecule has 1 unspecified atom stereocenters. The molecule has 2 nitrogen and oxygen atoms in total. The zero-order valence-electron chi connectivity index (χ0n) is 9.56. The number of nitrogens with one attached hydrogen (secondary N) is 1. The number of aryl methyl sites for hydroxylation is 1. The van der Waals surface area contributed by atoms with Crippen molar-refractivity contribution in [3.63, 3.8) is 0 Å². The monoisotopic (exact) mass is 229 g/mol. The quantitative estimate of drug-likeness (QED) is 0.759. The van der Waals surface area contributed by atoms with Crippen LogP contribution < -0.4 is 5.32 Å². The lowest BCUT2D eigenvalue weighted by molar-refractivity contribution is 0.283. The van der Waals surface area contributed by atoms with Gasteiger partial charge in [0.1, 0.15) is 11.6 Å². The van der Waals surface area contributed by atoms with Crippen molar-refractivity contribution in [3.8, 4) is 0 Å². The van der Waals surface area contributed by atoms with Gasteiger partial charge in [-0.05, 0) is 44.5 Å². The molecule has 0 aliphatic rings. The minimum absolute atomic E-state index is 0.0878. The van der Waals surface area contributed by atoms with Crippen molar-refractivity contribution in [1.82, 2.24) is 5.32 Å². The summed E-state index contributed by atoms with van der Waals surface area (Å²) < 4.78 is 26.8. The van der Waals surface area contributed by atoms with Gasteiger partial charge in [-0.15, -0.1) is 0 Å². The van der Waals surface area contributed by atoms with Gasteiger partial charge in [0.25, 0.3) is 0 Å². The lowest BCUT2D eigenvalue weighted by Gasteiger charge is -2.15. The standard InChI is InChI=1S/C12H17F2NO/c1-8-6-12(14)10(7-11(8)13)9(2)15-4-3-5-16/h6-7,9,15-16H,3-5H2,1-2H3. The van der Waals surface area contributed by atoms with Crippen LogP contribution in [0.2, 0.25) is 0 Å². The fourth-order valence-corrected chi connectivity index (χ4v) is 1.50. The van der Waals surface area contributed by atoms with Gasteiger partial charge in [0, 0.05) is 18.2 Å². The molecule has 0 saturated carbocycles. The minimum atomic E-state index is -0.400. The fourth-order valence-electron chi connectivity index (χ4n) is 1.50. The highest BCUT2D eigenvalue weighted by molar-refractivity contribution is 5.27. The Morgan fingerprint density at radius 2 is 2.00 bits per heavy atom. The summed E-state index contributed by atoms with van der Waals surface area (Å²) in [7, 11) is 0. The van der Waals surface area contributed by atoms with E-state index in [-0.39, 0.29) is 12.6 Å². The van der Waals surface area contributed by atoms with Crippen LogP contribution >= 0.6 is 0 Å². The van der Waals surface area contributed by atoms with E-state index >= 15 is 0 Å². The summed E-state index contributed by atoms with van der Waals surface area (Å²) in [6, 6.07) is 2.16. The maximum Gasteiger partial charge on any atom is 0.128 e. The van der Waals surface area contributed by atoms with E-state index in [9.17, 15) is 8.78 Å². The van der Waals surface area contributed by atoms with Crippen LogP contribution in [0.4, 0.5) is 8.78 Å². The SMILES string of the molecule is Cc1cc(F)c(C(C)NCCCO)cc1F. The van der Waals surface area contributed by atoms with Crippen molar-refractivity contribution < 1.29 is 13.9 Å². The lowest BCUT2D eigenvalue weighted by Crippen LogP contribution is -2.21. The summed E-state index contributed by atoms with van der Waals surface area (Å²) in [5.41, 5.74) is 0.629. The van der Waals surface area contributed by atoms with Crippen LogP contribution in [-0.2, 0) is 0 Å². The zero-order valence-corrected chi connectivity index (χ0v) is 9.56. The number of aliphatic hydroxyl groups is 1. The van der Waals surface area contributed by atoms with Crippen LogP contribution in [0.25, 0.3) is 0 Å². The molecule has 16 heavy (non-hydrogen) atoms. The van der Waals surface area contributed by atoms with Crippen molar-refractivity contribution in [2.24, 2.45) is 0 Å². The van der Waals surface area contributed by atoms with Crippen LogP contribution in [-0.4, -0.2) is 18.3 Å². The molecule has 1 rings (SSSR count). The first-order valence-corrected chi connectivity index (χ1v) is 5.36. The molecule has 1 aromatic rings. The second-order valence-electron chi connectivity index (χ2n) is 3.88. The fraction of sp³-hybridized carbons (Fsp3) is 0.500. The molecule has 90 valence electrons. The molecule has 0 saturated heterocycles. The Bertz CT molecular complexity index is 355. The molecule has 1 aromatic carbocycles. The Hall–Kier alpha value is -1.00. The first-order valence-electron chi connectivity index (χ1n) is 5.36. The average molecular weight is 229 g/mol. The molecule has 0 heterocycles. The Labute approximate surface area is 94.3 Å². The van der Waals surface area contributed by atoms with E-state index in [0.717, 1.165) is 0 Å². The van der Waals surface area contributed by atoms with Crippen LogP contribution in [0.3, 0.4) is 0 Å². The van der Waals surface area contributed by atoms with E-state index in [1.54, 1.807) is 6.92 Å². The maximum absolute atomic E-state index is 13.5. The van der Waals surface area contributed by atoms with E-state index in [0.29, 0.717) is 24.1 Å². The highest BCUT2D eigenvalue weighted by Gasteiger charge is 2.12. The largest absolute Gasteiger partial charge is 0.396 e. The Morgan fingerprint density at radius 3 is 2.62 bits per heavy atom. The highest BCUT2D eigenvalue weighted by Crippen LogP contribution is 2.20. The number of halogens is 2. The minimum Gasteiger partial charge on any atom is -0.396 e. The van der Waals surface area contributed by atoms with E-state index in [1.165, 1.54) is 19.1 Å². The number of hydrogen-bond acceptors (Lipinski definition) is 2. The van der Waals surface area contributed by atoms with Gasteiger partial charge in [-0.1, -0.05) is 0 Å². The first-order chi connectivity index (χ1) is 7.56. The number of aliphatic hydroxyl groups excluding tert-OH is 1. The molecular formula is C12H17F2NO. The maximum atomic E-state index is 13.5. The van der Waals surface area contributed by atoms with Crippen LogP contribution in [0.1, 0.15) is 30.5 Å². The summed E-state index contributed by atoms with van der Waals surface area (Å²) in [6.07, 6.45) is 0.598. The molecule has 0 fully saturated rings. The summed E-state index contributed by atoms with van der Waals surface area (Å²) >= 11 is 0. The van der Waals surface area contributed by atoms with Crippen LogP contribution in [0.15, 0.2) is 12.1 Å². The topological polar surface area (TPSA) is 32.3 Å². The van der Waals surface area contributed by atoms with Crippen molar-refractivity contribution >= 4 is 0 Å². The Balaban J connectivity index is 2.75. The van der Waals surface area contributed by atoms with E-state index in [1.807, 2.05) is 0 Å². The normalized spacial score (nSPS) is 12.8. The smallest absolute Gasteiger partial charge is 0.128 e. The summed E-state index contributed by atoms with van der Waals surface area (Å²) in [5, 5.41) is 11.6. The van der Waals surface area contributed by atoms with Gasteiger partial charge in [0.05, 0.1) is 0 Å². The van der Waals surface area contributed by atoms with Crippen molar-refractivity contribution in [2.75, 3.05) is 13.2 Å². The van der Waals surface area contributed by atoms with Crippen LogP contribution in [0, 0.1) is 18.6 Å². The molecule has 0 aliphatic carbocycles. The van der Waals surface area contributed by atoms with Gasteiger partial charge >= 0.3 is 0 Å². The third kappa shape index (κ3) is 3.25. The second-order valence-corrected chi connectivity index (χ2v) is 3.88. The summed E-state index contributed by atoms with van der Waals surface area (Å²) in [5.74, 6) is -0.796.